The van der Waals surface area contributed by atoms with Crippen LogP contribution >= 0.6 is 0 Å². The first kappa shape index (κ1) is 19.5. The highest BCUT2D eigenvalue weighted by Crippen LogP contribution is 2.66. The third-order valence-electron chi connectivity index (χ3n) is 9.77. The topological polar surface area (TPSA) is 46.5 Å². The van der Waals surface area contributed by atoms with E-state index in [9.17, 15) is 9.90 Å². The second-order valence-corrected chi connectivity index (χ2v) is 11.0. The van der Waals surface area contributed by atoms with Crippen LogP contribution in [0.3, 0.4) is 0 Å². The lowest BCUT2D eigenvalue weighted by Gasteiger charge is -2.60. The van der Waals surface area contributed by atoms with E-state index in [2.05, 4.69) is 19.9 Å². The fourth-order valence-corrected chi connectivity index (χ4v) is 7.75. The SMILES string of the molecule is COC(=O)C(C)(C)C1=CC[C@@]2(C)[C@@H](CC[C@H]3[C@@H]2CC[C@]2(C)[C@@H](O)CC[C@@H]32)C1. The minimum atomic E-state index is -0.506. The molecule has 152 valence electrons. The van der Waals surface area contributed by atoms with Gasteiger partial charge >= 0.3 is 5.97 Å². The van der Waals surface area contributed by atoms with E-state index in [-0.39, 0.29) is 17.5 Å². The Bertz CT molecular complexity index is 650. The lowest BCUT2D eigenvalue weighted by Crippen LogP contribution is -2.53. The molecule has 3 nitrogen and oxygen atoms in total. The molecule has 0 amide bonds. The van der Waals surface area contributed by atoms with Crippen LogP contribution in [0.2, 0.25) is 0 Å². The zero-order valence-corrected chi connectivity index (χ0v) is 17.9. The highest BCUT2D eigenvalue weighted by atomic mass is 16.5. The number of allylic oxidation sites excluding steroid dienone is 1. The maximum atomic E-state index is 12.3. The van der Waals surface area contributed by atoms with Crippen LogP contribution in [-0.2, 0) is 9.53 Å². The van der Waals surface area contributed by atoms with Crippen LogP contribution in [0.1, 0.15) is 79.1 Å². The second-order valence-electron chi connectivity index (χ2n) is 11.0. The molecule has 3 heteroatoms. The van der Waals surface area contributed by atoms with Gasteiger partial charge in [-0.2, -0.15) is 0 Å². The van der Waals surface area contributed by atoms with Gasteiger partial charge in [0.05, 0.1) is 18.6 Å². The van der Waals surface area contributed by atoms with Crippen LogP contribution < -0.4 is 0 Å². The number of rotatable bonds is 2. The smallest absolute Gasteiger partial charge is 0.315 e. The third-order valence-corrected chi connectivity index (χ3v) is 9.77. The molecule has 0 spiro atoms. The van der Waals surface area contributed by atoms with Gasteiger partial charge in [-0.25, -0.2) is 0 Å². The summed E-state index contributed by atoms with van der Waals surface area (Å²) in [6.07, 6.45) is 11.7. The van der Waals surface area contributed by atoms with Crippen molar-refractivity contribution in [3.05, 3.63) is 11.6 Å². The van der Waals surface area contributed by atoms with E-state index in [0.29, 0.717) is 17.3 Å². The van der Waals surface area contributed by atoms with E-state index in [1.54, 1.807) is 0 Å². The molecule has 4 aliphatic rings. The normalized spacial score (nSPS) is 46.7. The van der Waals surface area contributed by atoms with E-state index in [4.69, 9.17) is 4.74 Å². The molecule has 4 rings (SSSR count). The average molecular weight is 375 g/mol. The van der Waals surface area contributed by atoms with Gasteiger partial charge in [0.2, 0.25) is 0 Å². The first-order valence-corrected chi connectivity index (χ1v) is 11.1. The average Bonchev–Trinajstić information content (AvgIpc) is 2.95. The molecule has 0 aliphatic heterocycles. The van der Waals surface area contributed by atoms with Crippen molar-refractivity contribution in [2.45, 2.75) is 85.2 Å². The van der Waals surface area contributed by atoms with Crippen molar-refractivity contribution in [3.63, 3.8) is 0 Å². The van der Waals surface area contributed by atoms with Crippen molar-refractivity contribution in [1.82, 2.24) is 0 Å². The monoisotopic (exact) mass is 374 g/mol. The summed E-state index contributed by atoms with van der Waals surface area (Å²) in [7, 11) is 1.50. The molecule has 27 heavy (non-hydrogen) atoms. The summed E-state index contributed by atoms with van der Waals surface area (Å²) in [6.45, 7) is 8.93. The van der Waals surface area contributed by atoms with Gasteiger partial charge in [-0.3, -0.25) is 4.79 Å². The quantitative estimate of drug-likeness (QED) is 0.539. The predicted molar refractivity (Wildman–Crippen MR) is 107 cm³/mol. The summed E-state index contributed by atoms with van der Waals surface area (Å²) in [5.74, 6) is 2.84. The number of aliphatic hydroxyl groups excluding tert-OH is 1. The van der Waals surface area contributed by atoms with Crippen LogP contribution in [0.4, 0.5) is 0 Å². The summed E-state index contributed by atoms with van der Waals surface area (Å²) in [6, 6.07) is 0. The van der Waals surface area contributed by atoms with Crippen LogP contribution in [0.25, 0.3) is 0 Å². The zero-order chi connectivity index (χ0) is 19.6. The second kappa shape index (κ2) is 6.34. The van der Waals surface area contributed by atoms with E-state index in [1.807, 2.05) is 13.8 Å². The van der Waals surface area contributed by atoms with Gasteiger partial charge in [-0.05, 0) is 99.7 Å². The van der Waals surface area contributed by atoms with Gasteiger partial charge in [0.15, 0.2) is 0 Å². The number of esters is 1. The van der Waals surface area contributed by atoms with E-state index >= 15 is 0 Å². The minimum Gasteiger partial charge on any atom is -0.468 e. The van der Waals surface area contributed by atoms with Gasteiger partial charge in [-0.1, -0.05) is 25.5 Å². The number of methoxy groups -OCH3 is 1. The standard InChI is InChI=1S/C24H38O3/c1-22(2,21(26)27-5)15-10-12-23(3)16(14-15)6-7-17-18-8-9-20(25)24(18,4)13-11-19(17)23/h10,16-20,25H,6-9,11-14H2,1-5H3/t16-,17+,18-,19-,20-,23-,24-/m0/s1. The molecule has 4 aliphatic carbocycles. The Morgan fingerprint density at radius 3 is 2.52 bits per heavy atom. The number of carbonyl (C=O) groups excluding carboxylic acids is 1. The highest BCUT2D eigenvalue weighted by Gasteiger charge is 2.59. The Kier molecular flexibility index (Phi) is 4.57. The number of aliphatic hydroxyl groups is 1. The van der Waals surface area contributed by atoms with Crippen molar-refractivity contribution in [1.29, 1.82) is 0 Å². The van der Waals surface area contributed by atoms with Crippen molar-refractivity contribution in [2.75, 3.05) is 7.11 Å². The Hall–Kier alpha value is -0.830. The molecule has 0 radical (unpaired) electrons. The summed E-state index contributed by atoms with van der Waals surface area (Å²) in [5, 5.41) is 10.6. The third kappa shape index (κ3) is 2.67. The number of hydrogen-bond donors (Lipinski definition) is 1. The van der Waals surface area contributed by atoms with E-state index < -0.39 is 5.41 Å². The first-order valence-electron chi connectivity index (χ1n) is 11.1. The molecular weight excluding hydrogens is 336 g/mol. The number of hydrogen-bond acceptors (Lipinski definition) is 3. The van der Waals surface area contributed by atoms with Crippen LogP contribution in [0.5, 0.6) is 0 Å². The molecule has 0 aromatic carbocycles. The Labute approximate surface area is 164 Å². The molecule has 0 bridgehead atoms. The highest BCUT2D eigenvalue weighted by molar-refractivity contribution is 5.79. The van der Waals surface area contributed by atoms with Crippen LogP contribution in [-0.4, -0.2) is 24.3 Å². The van der Waals surface area contributed by atoms with Gasteiger partial charge in [-0.15, -0.1) is 0 Å². The molecule has 0 heterocycles. The zero-order valence-electron chi connectivity index (χ0n) is 17.9. The van der Waals surface area contributed by atoms with Gasteiger partial charge in [0.1, 0.15) is 0 Å². The van der Waals surface area contributed by atoms with E-state index in [0.717, 1.165) is 31.1 Å². The van der Waals surface area contributed by atoms with Gasteiger partial charge in [0.25, 0.3) is 0 Å². The largest absolute Gasteiger partial charge is 0.468 e. The Morgan fingerprint density at radius 2 is 1.81 bits per heavy atom. The Balaban J connectivity index is 1.59. The fraction of sp³-hybridized carbons (Fsp3) is 0.875. The molecule has 1 N–H and O–H groups in total. The molecule has 0 aromatic rings. The Morgan fingerprint density at radius 1 is 1.11 bits per heavy atom. The summed E-state index contributed by atoms with van der Waals surface area (Å²) < 4.78 is 5.08. The number of ether oxygens (including phenoxy) is 1. The molecule has 3 fully saturated rings. The summed E-state index contributed by atoms with van der Waals surface area (Å²) >= 11 is 0. The fourth-order valence-electron chi connectivity index (χ4n) is 7.75. The van der Waals surface area contributed by atoms with Crippen LogP contribution in [0, 0.1) is 39.9 Å². The maximum absolute atomic E-state index is 12.3. The van der Waals surface area contributed by atoms with Crippen molar-refractivity contribution >= 4 is 5.97 Å². The lowest BCUT2D eigenvalue weighted by molar-refractivity contribution is -0.149. The molecule has 0 unspecified atom stereocenters. The minimum absolute atomic E-state index is 0.0901. The summed E-state index contributed by atoms with van der Waals surface area (Å²) in [5.41, 5.74) is 1.29. The summed E-state index contributed by atoms with van der Waals surface area (Å²) in [4.78, 5) is 12.3. The predicted octanol–water partition coefficient (Wildman–Crippen LogP) is 5.13. The van der Waals surface area contributed by atoms with Crippen molar-refractivity contribution in [3.8, 4) is 0 Å². The molecule has 3 saturated carbocycles. The van der Waals surface area contributed by atoms with Crippen molar-refractivity contribution in [2.24, 2.45) is 39.9 Å². The molecular formula is C24H38O3. The van der Waals surface area contributed by atoms with Gasteiger partial charge < -0.3 is 9.84 Å². The maximum Gasteiger partial charge on any atom is 0.315 e. The lowest BCUT2D eigenvalue weighted by atomic mass is 9.45. The molecule has 0 saturated heterocycles. The number of carbonyl (C=O) groups is 1. The van der Waals surface area contributed by atoms with Gasteiger partial charge in [0, 0.05) is 0 Å². The van der Waals surface area contributed by atoms with Crippen LogP contribution in [0.15, 0.2) is 11.6 Å². The van der Waals surface area contributed by atoms with E-state index in [1.165, 1.54) is 44.8 Å². The molecule has 7 atom stereocenters. The molecule has 0 aromatic heterocycles. The number of fused-ring (bicyclic) bond motifs is 5. The van der Waals surface area contributed by atoms with Crippen molar-refractivity contribution < 1.29 is 14.6 Å². The first-order chi connectivity index (χ1) is 12.6.